The molecular weight excluding hydrogens is 278 g/mol. The van der Waals surface area contributed by atoms with E-state index in [9.17, 15) is 9.90 Å². The van der Waals surface area contributed by atoms with Gasteiger partial charge in [0.2, 0.25) is 0 Å². The molecule has 1 heterocycles. The third-order valence-corrected chi connectivity index (χ3v) is 5.39. The maximum absolute atomic E-state index is 11.9. The summed E-state index contributed by atoms with van der Waals surface area (Å²) in [5, 5.41) is 15.1. The van der Waals surface area contributed by atoms with Crippen molar-refractivity contribution in [2.75, 3.05) is 32.8 Å². The predicted molar refractivity (Wildman–Crippen MR) is 91.0 cm³/mol. The van der Waals surface area contributed by atoms with Crippen molar-refractivity contribution in [1.82, 2.24) is 15.5 Å². The Morgan fingerprint density at radius 1 is 1.27 bits per heavy atom. The Bertz CT molecular complexity index is 319. The van der Waals surface area contributed by atoms with Crippen LogP contribution >= 0.6 is 0 Å². The Balaban J connectivity index is 2.25. The molecule has 0 spiro atoms. The van der Waals surface area contributed by atoms with Gasteiger partial charge in [0.15, 0.2) is 0 Å². The van der Waals surface area contributed by atoms with Gasteiger partial charge in [0.1, 0.15) is 0 Å². The topological polar surface area (TPSA) is 64.6 Å². The molecule has 0 aromatic rings. The maximum atomic E-state index is 11.9. The van der Waals surface area contributed by atoms with E-state index in [2.05, 4.69) is 36.3 Å². The van der Waals surface area contributed by atoms with Crippen LogP contribution in [0.4, 0.5) is 4.79 Å². The summed E-state index contributed by atoms with van der Waals surface area (Å²) < 4.78 is 0. The molecule has 130 valence electrons. The number of urea groups is 1. The number of carbonyl (C=O) groups excluding carboxylic acids is 1. The van der Waals surface area contributed by atoms with E-state index >= 15 is 0 Å². The van der Waals surface area contributed by atoms with Crippen molar-refractivity contribution in [2.24, 2.45) is 5.41 Å². The first-order chi connectivity index (χ1) is 10.6. The lowest BCUT2D eigenvalue weighted by atomic mass is 9.79. The van der Waals surface area contributed by atoms with E-state index in [1.165, 1.54) is 19.3 Å². The lowest BCUT2D eigenvalue weighted by Gasteiger charge is -2.33. The van der Waals surface area contributed by atoms with Crippen LogP contribution in [0.25, 0.3) is 0 Å². The lowest BCUT2D eigenvalue weighted by molar-refractivity contribution is 0.157. The number of hydrogen-bond acceptors (Lipinski definition) is 3. The zero-order chi connectivity index (χ0) is 16.4. The van der Waals surface area contributed by atoms with Crippen molar-refractivity contribution in [3.63, 3.8) is 0 Å². The largest absolute Gasteiger partial charge is 0.396 e. The van der Waals surface area contributed by atoms with E-state index in [0.717, 1.165) is 32.4 Å². The van der Waals surface area contributed by atoms with Crippen molar-refractivity contribution in [1.29, 1.82) is 0 Å². The SMILES string of the molecule is CCC(CC)(CCO)CNC(=O)NCCN1CCCC[C@@H]1C. The molecular formula is C17H35N3O2. The van der Waals surface area contributed by atoms with Crippen LogP contribution in [-0.2, 0) is 0 Å². The van der Waals surface area contributed by atoms with Crippen LogP contribution in [0.1, 0.15) is 59.3 Å². The van der Waals surface area contributed by atoms with Crippen LogP contribution in [0.3, 0.4) is 0 Å². The van der Waals surface area contributed by atoms with E-state index in [1.54, 1.807) is 0 Å². The van der Waals surface area contributed by atoms with Crippen LogP contribution in [0.5, 0.6) is 0 Å². The minimum Gasteiger partial charge on any atom is -0.396 e. The van der Waals surface area contributed by atoms with Crippen LogP contribution in [0, 0.1) is 5.41 Å². The second-order valence-electron chi connectivity index (χ2n) is 6.67. The number of aliphatic hydroxyl groups excluding tert-OH is 1. The summed E-state index contributed by atoms with van der Waals surface area (Å²) in [6.07, 6.45) is 6.54. The van der Waals surface area contributed by atoms with E-state index < -0.39 is 0 Å². The average molecular weight is 313 g/mol. The Morgan fingerprint density at radius 2 is 2.00 bits per heavy atom. The van der Waals surface area contributed by atoms with E-state index in [1.807, 2.05) is 0 Å². The molecule has 1 aliphatic rings. The van der Waals surface area contributed by atoms with Gasteiger partial charge in [0, 0.05) is 32.3 Å². The summed E-state index contributed by atoms with van der Waals surface area (Å²) in [7, 11) is 0. The minimum atomic E-state index is -0.0890. The number of nitrogens with zero attached hydrogens (tertiary/aromatic N) is 1. The van der Waals surface area contributed by atoms with Gasteiger partial charge in [-0.15, -0.1) is 0 Å². The van der Waals surface area contributed by atoms with Gasteiger partial charge in [0.05, 0.1) is 0 Å². The highest BCUT2D eigenvalue weighted by Crippen LogP contribution is 2.29. The third-order valence-electron chi connectivity index (χ3n) is 5.39. The number of likely N-dealkylation sites (tertiary alicyclic amines) is 1. The minimum absolute atomic E-state index is 0.0213. The first-order valence-corrected chi connectivity index (χ1v) is 8.93. The molecule has 1 fully saturated rings. The summed E-state index contributed by atoms with van der Waals surface area (Å²) in [5.41, 5.74) is 0.0213. The molecule has 1 atom stereocenters. The molecule has 5 heteroatoms. The van der Waals surface area contributed by atoms with Gasteiger partial charge in [-0.3, -0.25) is 4.90 Å². The first-order valence-electron chi connectivity index (χ1n) is 8.93. The number of nitrogens with one attached hydrogen (secondary N) is 2. The van der Waals surface area contributed by atoms with Crippen molar-refractivity contribution in [2.45, 2.75) is 65.3 Å². The second-order valence-corrected chi connectivity index (χ2v) is 6.67. The quantitative estimate of drug-likeness (QED) is 0.612. The lowest BCUT2D eigenvalue weighted by Crippen LogP contribution is -2.46. The van der Waals surface area contributed by atoms with Crippen LogP contribution in [-0.4, -0.2) is 54.9 Å². The van der Waals surface area contributed by atoms with E-state index in [-0.39, 0.29) is 18.1 Å². The fourth-order valence-electron chi connectivity index (χ4n) is 3.31. The van der Waals surface area contributed by atoms with Gasteiger partial charge < -0.3 is 15.7 Å². The van der Waals surface area contributed by atoms with Gasteiger partial charge in [-0.1, -0.05) is 20.3 Å². The van der Waals surface area contributed by atoms with Gasteiger partial charge >= 0.3 is 6.03 Å². The maximum Gasteiger partial charge on any atom is 0.314 e. The summed E-state index contributed by atoms with van der Waals surface area (Å²) >= 11 is 0. The van der Waals surface area contributed by atoms with Crippen molar-refractivity contribution >= 4 is 6.03 Å². The average Bonchev–Trinajstić information content (AvgIpc) is 2.53. The van der Waals surface area contributed by atoms with E-state index in [0.29, 0.717) is 19.1 Å². The number of aliphatic hydroxyl groups is 1. The van der Waals surface area contributed by atoms with Crippen LogP contribution < -0.4 is 10.6 Å². The molecule has 1 aliphatic heterocycles. The number of amides is 2. The smallest absolute Gasteiger partial charge is 0.314 e. The van der Waals surface area contributed by atoms with Gasteiger partial charge in [-0.25, -0.2) is 4.79 Å². The molecule has 0 aliphatic carbocycles. The zero-order valence-electron chi connectivity index (χ0n) is 14.7. The van der Waals surface area contributed by atoms with Crippen molar-refractivity contribution in [3.8, 4) is 0 Å². The Kier molecular flexibility index (Phi) is 8.79. The van der Waals surface area contributed by atoms with E-state index in [4.69, 9.17) is 0 Å². The Labute approximate surface area is 135 Å². The zero-order valence-corrected chi connectivity index (χ0v) is 14.7. The molecule has 2 amide bonds. The Hall–Kier alpha value is -0.810. The van der Waals surface area contributed by atoms with Crippen LogP contribution in [0.2, 0.25) is 0 Å². The molecule has 0 bridgehead atoms. The first kappa shape index (κ1) is 19.2. The number of carbonyl (C=O) groups is 1. The molecule has 3 N–H and O–H groups in total. The Morgan fingerprint density at radius 3 is 2.59 bits per heavy atom. The highest BCUT2D eigenvalue weighted by atomic mass is 16.3. The van der Waals surface area contributed by atoms with Gasteiger partial charge in [-0.2, -0.15) is 0 Å². The molecule has 22 heavy (non-hydrogen) atoms. The normalized spacial score (nSPS) is 19.9. The molecule has 0 saturated carbocycles. The molecule has 1 rings (SSSR count). The summed E-state index contributed by atoms with van der Waals surface area (Å²) in [6, 6.07) is 0.546. The molecule has 0 aromatic carbocycles. The molecule has 1 saturated heterocycles. The molecule has 5 nitrogen and oxygen atoms in total. The summed E-state index contributed by atoms with van der Waals surface area (Å²) in [4.78, 5) is 14.4. The second kappa shape index (κ2) is 10.1. The fourth-order valence-corrected chi connectivity index (χ4v) is 3.31. The summed E-state index contributed by atoms with van der Waals surface area (Å²) in [5.74, 6) is 0. The van der Waals surface area contributed by atoms with Gasteiger partial charge in [-0.05, 0) is 51.0 Å². The number of hydrogen-bond donors (Lipinski definition) is 3. The highest BCUT2D eigenvalue weighted by molar-refractivity contribution is 5.73. The van der Waals surface area contributed by atoms with Crippen LogP contribution in [0.15, 0.2) is 0 Å². The summed E-state index contributed by atoms with van der Waals surface area (Å²) in [6.45, 7) is 10.1. The van der Waals surface area contributed by atoms with Gasteiger partial charge in [0.25, 0.3) is 0 Å². The molecule has 0 unspecified atom stereocenters. The number of rotatable bonds is 9. The number of piperidine rings is 1. The predicted octanol–water partition coefficient (Wildman–Crippen LogP) is 2.35. The highest BCUT2D eigenvalue weighted by Gasteiger charge is 2.26. The fraction of sp³-hybridized carbons (Fsp3) is 0.941. The van der Waals surface area contributed by atoms with Crippen molar-refractivity contribution < 1.29 is 9.90 Å². The monoisotopic (exact) mass is 313 g/mol. The molecule has 0 aromatic heterocycles. The standard InChI is InChI=1S/C17H35N3O2/c1-4-17(5-2,9-13-21)14-19-16(22)18-10-12-20-11-7-6-8-15(20)3/h15,21H,4-14H2,1-3H3,(H2,18,19,22)/t15-/m0/s1. The molecule has 0 radical (unpaired) electrons. The third kappa shape index (κ3) is 6.13. The van der Waals surface area contributed by atoms with Crippen molar-refractivity contribution in [3.05, 3.63) is 0 Å².